The maximum atomic E-state index is 4.23. The lowest BCUT2D eigenvalue weighted by molar-refractivity contribution is -0.0660. The third-order valence-corrected chi connectivity index (χ3v) is 9.12. The van der Waals surface area contributed by atoms with E-state index in [2.05, 4.69) is 34.9 Å². The Hall–Kier alpha value is -0.860. The van der Waals surface area contributed by atoms with Crippen molar-refractivity contribution >= 4 is 0 Å². The van der Waals surface area contributed by atoms with Gasteiger partial charge in [-0.2, -0.15) is 0 Å². The number of hydrogen-bond acceptors (Lipinski definition) is 2. The molecule has 2 heteroatoms. The number of nitrogens with one attached hydrogen (secondary N) is 2. The van der Waals surface area contributed by atoms with Gasteiger partial charge in [0, 0.05) is 18.1 Å². The third kappa shape index (κ3) is 2.45. The summed E-state index contributed by atoms with van der Waals surface area (Å²) in [7, 11) is 0. The van der Waals surface area contributed by atoms with Crippen LogP contribution in [0.5, 0.6) is 0 Å². The Morgan fingerprint density at radius 2 is 1.56 bits per heavy atom. The molecule has 4 unspecified atom stereocenters. The van der Waals surface area contributed by atoms with E-state index in [9.17, 15) is 0 Å². The van der Waals surface area contributed by atoms with E-state index in [-0.39, 0.29) is 0 Å². The zero-order valence-electron chi connectivity index (χ0n) is 16.8. The second-order valence-electron chi connectivity index (χ2n) is 10.3. The van der Waals surface area contributed by atoms with Gasteiger partial charge in [-0.25, -0.2) is 0 Å². The largest absolute Gasteiger partial charge is 0.307 e. The molecule has 1 aliphatic heterocycles. The van der Waals surface area contributed by atoms with Gasteiger partial charge in [0.1, 0.15) is 0 Å². The molecule has 5 aliphatic rings. The predicted molar refractivity (Wildman–Crippen MR) is 111 cm³/mol. The summed E-state index contributed by atoms with van der Waals surface area (Å²) in [5.41, 5.74) is 3.65. The maximum Gasteiger partial charge on any atom is 0.0515 e. The van der Waals surface area contributed by atoms with Crippen molar-refractivity contribution in [1.29, 1.82) is 0 Å². The van der Waals surface area contributed by atoms with Crippen molar-refractivity contribution in [2.24, 2.45) is 17.8 Å². The average molecular weight is 365 g/mol. The first kappa shape index (κ1) is 17.0. The van der Waals surface area contributed by atoms with Crippen LogP contribution in [0.4, 0.5) is 0 Å². The fourth-order valence-electron chi connectivity index (χ4n) is 8.09. The van der Waals surface area contributed by atoms with E-state index in [0.29, 0.717) is 11.6 Å². The summed E-state index contributed by atoms with van der Waals surface area (Å²) < 4.78 is 0. The molecule has 3 saturated carbocycles. The highest BCUT2D eigenvalue weighted by atomic mass is 15.2. The summed E-state index contributed by atoms with van der Waals surface area (Å²) in [4.78, 5) is 0. The van der Waals surface area contributed by atoms with E-state index in [4.69, 9.17) is 0 Å². The van der Waals surface area contributed by atoms with Crippen molar-refractivity contribution in [2.45, 2.75) is 101 Å². The highest BCUT2D eigenvalue weighted by Crippen LogP contribution is 2.63. The quantitative estimate of drug-likeness (QED) is 0.730. The molecule has 0 radical (unpaired) electrons. The van der Waals surface area contributed by atoms with Gasteiger partial charge in [0.15, 0.2) is 0 Å². The molecule has 1 aromatic rings. The van der Waals surface area contributed by atoms with Crippen LogP contribution in [0.2, 0.25) is 0 Å². The minimum atomic E-state index is 0.313. The van der Waals surface area contributed by atoms with Gasteiger partial charge in [-0.05, 0) is 67.4 Å². The fourth-order valence-corrected chi connectivity index (χ4v) is 8.09. The molecule has 1 heterocycles. The Balaban J connectivity index is 1.42. The van der Waals surface area contributed by atoms with Gasteiger partial charge in [-0.3, -0.25) is 0 Å². The summed E-state index contributed by atoms with van der Waals surface area (Å²) in [6.45, 7) is 0. The smallest absolute Gasteiger partial charge is 0.0515 e. The van der Waals surface area contributed by atoms with Crippen LogP contribution >= 0.6 is 0 Å². The van der Waals surface area contributed by atoms with Crippen LogP contribution in [-0.4, -0.2) is 12.1 Å². The average Bonchev–Trinajstić information content (AvgIpc) is 3.11. The van der Waals surface area contributed by atoms with Crippen molar-refractivity contribution in [3.63, 3.8) is 0 Å². The Morgan fingerprint density at radius 3 is 2.44 bits per heavy atom. The minimum absolute atomic E-state index is 0.313. The first-order valence-electron chi connectivity index (χ1n) is 12.0. The van der Waals surface area contributed by atoms with E-state index in [1.807, 2.05) is 0 Å². The van der Waals surface area contributed by atoms with Crippen molar-refractivity contribution < 1.29 is 0 Å². The van der Waals surface area contributed by atoms with Gasteiger partial charge >= 0.3 is 0 Å². The molecular formula is C25H36N2. The summed E-state index contributed by atoms with van der Waals surface area (Å²) in [6, 6.07) is 11.7. The van der Waals surface area contributed by atoms with Crippen LogP contribution in [0.25, 0.3) is 0 Å². The fraction of sp³-hybridized carbons (Fsp3) is 0.760. The van der Waals surface area contributed by atoms with Crippen LogP contribution in [0.1, 0.15) is 94.2 Å². The monoisotopic (exact) mass is 364 g/mol. The lowest BCUT2D eigenvalue weighted by Gasteiger charge is -2.65. The molecule has 146 valence electrons. The molecule has 2 N–H and O–H groups in total. The maximum absolute atomic E-state index is 4.23. The van der Waals surface area contributed by atoms with E-state index >= 15 is 0 Å². The molecule has 4 aliphatic carbocycles. The molecule has 0 bridgehead atoms. The SMILES string of the molecule is c1ccc2c(c1)[C@H](NC1CCCCC1)C1CCCCC1C21N[C@H]2CCCC21. The van der Waals surface area contributed by atoms with Gasteiger partial charge in [-0.1, -0.05) is 62.8 Å². The second kappa shape index (κ2) is 6.59. The van der Waals surface area contributed by atoms with Crippen LogP contribution in [0.3, 0.4) is 0 Å². The van der Waals surface area contributed by atoms with Crippen molar-refractivity contribution in [1.82, 2.24) is 10.6 Å². The molecular weight excluding hydrogens is 328 g/mol. The standard InChI is InChI=1S/C25H36N2/c1-2-9-17(10-3-1)26-24-18-11-4-6-13-20(18)25(21-14-7-5-12-19(21)24)22-15-8-16-23(22)27-25/h4,6,11,13,17,19,21-24,26-27H,1-3,5,7-10,12,14-16H2/t19?,21?,22?,23-,24-,25?/m0/s1. The normalized spacial score (nSPS) is 43.6. The summed E-state index contributed by atoms with van der Waals surface area (Å²) >= 11 is 0. The number of hydrogen-bond donors (Lipinski definition) is 2. The highest BCUT2D eigenvalue weighted by molar-refractivity contribution is 5.45. The van der Waals surface area contributed by atoms with E-state index < -0.39 is 0 Å². The molecule has 27 heavy (non-hydrogen) atoms. The lowest BCUT2D eigenvalue weighted by Crippen LogP contribution is -2.73. The summed E-state index contributed by atoms with van der Waals surface area (Å²) in [5, 5.41) is 8.44. The van der Waals surface area contributed by atoms with E-state index in [1.165, 1.54) is 77.0 Å². The Labute approximate surface area is 164 Å². The minimum Gasteiger partial charge on any atom is -0.307 e. The highest BCUT2D eigenvalue weighted by Gasteiger charge is 2.64. The number of fused-ring (bicyclic) bond motifs is 6. The molecule has 4 fully saturated rings. The van der Waals surface area contributed by atoms with Gasteiger partial charge in [0.05, 0.1) is 5.54 Å². The Bertz CT molecular complexity index is 693. The Kier molecular flexibility index (Phi) is 4.16. The van der Waals surface area contributed by atoms with Crippen LogP contribution in [0.15, 0.2) is 24.3 Å². The van der Waals surface area contributed by atoms with Crippen LogP contribution in [0, 0.1) is 17.8 Å². The van der Waals surface area contributed by atoms with Gasteiger partial charge in [0.25, 0.3) is 0 Å². The van der Waals surface area contributed by atoms with E-state index in [1.54, 1.807) is 11.1 Å². The molecule has 6 rings (SSSR count). The summed E-state index contributed by atoms with van der Waals surface area (Å²) in [6.07, 6.45) is 17.2. The lowest BCUT2D eigenvalue weighted by atomic mass is 9.50. The molecule has 0 aromatic heterocycles. The second-order valence-corrected chi connectivity index (χ2v) is 10.3. The van der Waals surface area contributed by atoms with Crippen LogP contribution < -0.4 is 10.6 Å². The molecule has 6 atom stereocenters. The Morgan fingerprint density at radius 1 is 0.778 bits per heavy atom. The first-order chi connectivity index (χ1) is 13.4. The zero-order chi connectivity index (χ0) is 17.8. The third-order valence-electron chi connectivity index (χ3n) is 9.12. The van der Waals surface area contributed by atoms with Gasteiger partial charge in [-0.15, -0.1) is 0 Å². The number of rotatable bonds is 2. The first-order valence-corrected chi connectivity index (χ1v) is 12.0. The van der Waals surface area contributed by atoms with Crippen molar-refractivity contribution in [2.75, 3.05) is 0 Å². The predicted octanol–water partition coefficient (Wildman–Crippen LogP) is 5.44. The summed E-state index contributed by atoms with van der Waals surface area (Å²) in [5.74, 6) is 2.59. The van der Waals surface area contributed by atoms with Crippen LogP contribution in [-0.2, 0) is 5.54 Å². The van der Waals surface area contributed by atoms with Gasteiger partial charge in [0.2, 0.25) is 0 Å². The van der Waals surface area contributed by atoms with Crippen molar-refractivity contribution in [3.8, 4) is 0 Å². The van der Waals surface area contributed by atoms with E-state index in [0.717, 1.165) is 29.8 Å². The molecule has 1 saturated heterocycles. The molecule has 1 aromatic carbocycles. The molecule has 0 amide bonds. The van der Waals surface area contributed by atoms with Gasteiger partial charge < -0.3 is 10.6 Å². The molecule has 2 nitrogen and oxygen atoms in total. The molecule has 1 spiro atoms. The number of benzene rings is 1. The zero-order valence-corrected chi connectivity index (χ0v) is 16.8. The van der Waals surface area contributed by atoms with Crippen molar-refractivity contribution in [3.05, 3.63) is 35.4 Å². The topological polar surface area (TPSA) is 24.1 Å².